The fourth-order valence-corrected chi connectivity index (χ4v) is 3.30. The Balaban J connectivity index is 2.49. The van der Waals surface area contributed by atoms with Crippen molar-refractivity contribution in [3.63, 3.8) is 0 Å². The van der Waals surface area contributed by atoms with Crippen molar-refractivity contribution >= 4 is 13.7 Å². The first-order valence-corrected chi connectivity index (χ1v) is 8.66. The van der Waals surface area contributed by atoms with Crippen molar-refractivity contribution in [2.45, 2.75) is 13.0 Å². The Bertz CT molecular complexity index is 882. The van der Waals surface area contributed by atoms with Gasteiger partial charge in [-0.05, 0) is 19.1 Å². The van der Waals surface area contributed by atoms with Gasteiger partial charge in [-0.1, -0.05) is 18.2 Å². The van der Waals surface area contributed by atoms with Crippen molar-refractivity contribution in [3.8, 4) is 11.5 Å². The molecule has 27 heavy (non-hydrogen) atoms. The van der Waals surface area contributed by atoms with Crippen molar-refractivity contribution in [2.24, 2.45) is 0 Å². The molecule has 0 radical (unpaired) electrons. The zero-order valence-electron chi connectivity index (χ0n) is 13.4. The Kier molecular flexibility index (Phi) is 6.07. The molecule has 2 N–H and O–H groups in total. The van der Waals surface area contributed by atoms with Crippen LogP contribution in [0.2, 0.25) is 0 Å². The van der Waals surface area contributed by atoms with E-state index in [0.29, 0.717) is 0 Å². The highest BCUT2D eigenvalue weighted by Crippen LogP contribution is 2.47. The molecule has 0 saturated heterocycles. The number of carboxylic acids is 1. The molecule has 0 heterocycles. The third-order valence-electron chi connectivity index (χ3n) is 3.07. The summed E-state index contributed by atoms with van der Waals surface area (Å²) in [5.41, 5.74) is 0. The summed E-state index contributed by atoms with van der Waals surface area (Å²) in [6.07, 6.45) is 0. The van der Waals surface area contributed by atoms with Gasteiger partial charge in [0.25, 0.3) is 0 Å². The van der Waals surface area contributed by atoms with E-state index >= 15 is 0 Å². The molecule has 0 aromatic heterocycles. The van der Waals surface area contributed by atoms with Gasteiger partial charge in [-0.2, -0.15) is 13.9 Å². The summed E-state index contributed by atoms with van der Waals surface area (Å²) in [6, 6.07) is 5.22. The van der Waals surface area contributed by atoms with E-state index in [0.717, 1.165) is 6.92 Å². The number of hydrogen-bond donors (Lipinski definition) is 2. The highest BCUT2D eigenvalue weighted by molar-refractivity contribution is 7.52. The number of hydrogen-bond acceptors (Lipinski definition) is 4. The molecule has 6 nitrogen and oxygen atoms in total. The maximum absolute atomic E-state index is 13.8. The molecule has 0 spiro atoms. The number of nitrogens with one attached hydrogen (secondary N) is 1. The highest BCUT2D eigenvalue weighted by atomic mass is 31.2. The van der Waals surface area contributed by atoms with E-state index < -0.39 is 54.6 Å². The standard InChI is InChI=1S/C15H11F5NO5P/c1-7(15(22)23)21-27(24,25-8-5-3-2-4-6-8)26-14-12(19)10(17)9(16)11(18)13(14)20/h2-7H,1H3,(H,21,24)(H,22,23)/t7?,27-/m0/s1. The topological polar surface area (TPSA) is 84.9 Å². The van der Waals surface area contributed by atoms with Crippen LogP contribution in [0.3, 0.4) is 0 Å². The molecule has 12 heteroatoms. The number of halogens is 5. The van der Waals surface area contributed by atoms with Gasteiger partial charge in [-0.15, -0.1) is 0 Å². The first kappa shape index (κ1) is 20.7. The molecule has 1 unspecified atom stereocenters. The summed E-state index contributed by atoms with van der Waals surface area (Å²) in [5.74, 6) is -15.5. The third kappa shape index (κ3) is 4.55. The van der Waals surface area contributed by atoms with Crippen LogP contribution in [-0.4, -0.2) is 17.1 Å². The predicted octanol–water partition coefficient (Wildman–Crippen LogP) is 4.01. The van der Waals surface area contributed by atoms with Gasteiger partial charge in [0, 0.05) is 0 Å². The van der Waals surface area contributed by atoms with Crippen LogP contribution in [0.1, 0.15) is 6.92 Å². The van der Waals surface area contributed by atoms with Crippen molar-refractivity contribution in [2.75, 3.05) is 0 Å². The van der Waals surface area contributed by atoms with Crippen LogP contribution in [-0.2, 0) is 9.36 Å². The molecular weight excluding hydrogens is 400 g/mol. The van der Waals surface area contributed by atoms with E-state index in [1.54, 1.807) is 0 Å². The molecule has 0 amide bonds. The summed E-state index contributed by atoms with van der Waals surface area (Å²) in [6.45, 7) is 0.991. The van der Waals surface area contributed by atoms with Crippen LogP contribution in [0.4, 0.5) is 22.0 Å². The fourth-order valence-electron chi connectivity index (χ4n) is 1.77. The Hall–Kier alpha value is -2.65. The number of benzene rings is 2. The van der Waals surface area contributed by atoms with E-state index in [1.807, 2.05) is 5.09 Å². The fraction of sp³-hybridized carbons (Fsp3) is 0.133. The average Bonchev–Trinajstić information content (AvgIpc) is 2.62. The predicted molar refractivity (Wildman–Crippen MR) is 81.8 cm³/mol. The van der Waals surface area contributed by atoms with Crippen molar-refractivity contribution in [1.82, 2.24) is 5.09 Å². The Morgan fingerprint density at radius 2 is 1.44 bits per heavy atom. The molecule has 2 rings (SSSR count). The summed E-state index contributed by atoms with van der Waals surface area (Å²) in [4.78, 5) is 11.0. The monoisotopic (exact) mass is 411 g/mol. The minimum absolute atomic E-state index is 0.185. The van der Waals surface area contributed by atoms with Crippen molar-refractivity contribution in [1.29, 1.82) is 0 Å². The number of para-hydroxylation sites is 1. The lowest BCUT2D eigenvalue weighted by Gasteiger charge is -2.22. The Labute approximate surface area is 149 Å². The molecule has 0 fully saturated rings. The molecule has 146 valence electrons. The minimum atomic E-state index is -4.95. The number of carboxylic acid groups (broad SMARTS) is 1. The van der Waals surface area contributed by atoms with E-state index in [2.05, 4.69) is 4.52 Å². The van der Waals surface area contributed by atoms with Crippen LogP contribution in [0.25, 0.3) is 0 Å². The van der Waals surface area contributed by atoms with Gasteiger partial charge in [0.05, 0.1) is 0 Å². The zero-order chi connectivity index (χ0) is 20.4. The van der Waals surface area contributed by atoms with Crippen molar-refractivity contribution < 1.29 is 45.5 Å². The maximum atomic E-state index is 13.8. The van der Waals surface area contributed by atoms with Gasteiger partial charge in [-0.25, -0.2) is 17.7 Å². The normalized spacial score (nSPS) is 14.3. The highest BCUT2D eigenvalue weighted by Gasteiger charge is 2.37. The molecule has 0 saturated carbocycles. The molecule has 0 aliphatic carbocycles. The molecule has 0 aliphatic heterocycles. The van der Waals surface area contributed by atoms with Gasteiger partial charge in [0.1, 0.15) is 11.8 Å². The number of rotatable bonds is 7. The molecular formula is C15H11F5NO5P. The summed E-state index contributed by atoms with van der Waals surface area (Å²) in [7, 11) is -4.95. The lowest BCUT2D eigenvalue weighted by atomic mass is 10.3. The summed E-state index contributed by atoms with van der Waals surface area (Å²) >= 11 is 0. The second-order valence-corrected chi connectivity index (χ2v) is 6.70. The van der Waals surface area contributed by atoms with E-state index in [4.69, 9.17) is 9.63 Å². The van der Waals surface area contributed by atoms with Gasteiger partial charge in [-0.3, -0.25) is 4.79 Å². The van der Waals surface area contributed by atoms with Crippen LogP contribution in [0.5, 0.6) is 11.5 Å². The van der Waals surface area contributed by atoms with E-state index in [1.165, 1.54) is 30.3 Å². The first-order valence-electron chi connectivity index (χ1n) is 7.12. The first-order chi connectivity index (χ1) is 12.6. The zero-order valence-corrected chi connectivity index (χ0v) is 14.3. The molecule has 0 bridgehead atoms. The van der Waals surface area contributed by atoms with Gasteiger partial charge < -0.3 is 14.2 Å². The average molecular weight is 411 g/mol. The largest absolute Gasteiger partial charge is 0.513 e. The quantitative estimate of drug-likeness (QED) is 0.310. The smallest absolute Gasteiger partial charge is 0.480 e. The summed E-state index contributed by atoms with van der Waals surface area (Å²) < 4.78 is 89.5. The molecule has 0 aliphatic rings. The number of carbonyl (C=O) groups is 1. The SMILES string of the molecule is CC(N[P@](=O)(Oc1ccccc1)Oc1c(F)c(F)c(F)c(F)c1F)C(=O)O. The molecule has 2 aromatic rings. The van der Waals surface area contributed by atoms with E-state index in [-0.39, 0.29) is 5.75 Å². The Morgan fingerprint density at radius 1 is 0.963 bits per heavy atom. The maximum Gasteiger partial charge on any atom is 0.513 e. The van der Waals surface area contributed by atoms with Gasteiger partial charge in [0.15, 0.2) is 0 Å². The molecule has 2 aromatic carbocycles. The minimum Gasteiger partial charge on any atom is -0.480 e. The van der Waals surface area contributed by atoms with Gasteiger partial charge >= 0.3 is 13.7 Å². The lowest BCUT2D eigenvalue weighted by molar-refractivity contribution is -0.138. The van der Waals surface area contributed by atoms with Gasteiger partial charge in [0.2, 0.25) is 34.8 Å². The van der Waals surface area contributed by atoms with E-state index in [9.17, 15) is 31.3 Å². The van der Waals surface area contributed by atoms with Crippen LogP contribution in [0, 0.1) is 29.1 Å². The molecule has 2 atom stereocenters. The Morgan fingerprint density at radius 3 is 1.93 bits per heavy atom. The van der Waals surface area contributed by atoms with Crippen LogP contribution < -0.4 is 14.1 Å². The van der Waals surface area contributed by atoms with Crippen LogP contribution in [0.15, 0.2) is 30.3 Å². The number of aliphatic carboxylic acids is 1. The lowest BCUT2D eigenvalue weighted by Crippen LogP contribution is -2.34. The second kappa shape index (κ2) is 7.93. The summed E-state index contributed by atoms with van der Waals surface area (Å²) in [5, 5.41) is 10.7. The van der Waals surface area contributed by atoms with Crippen LogP contribution >= 0.6 is 7.75 Å². The van der Waals surface area contributed by atoms with Crippen molar-refractivity contribution in [3.05, 3.63) is 59.4 Å². The third-order valence-corrected chi connectivity index (χ3v) is 4.65. The second-order valence-electron chi connectivity index (χ2n) is 5.08.